The quantitative estimate of drug-likeness (QED) is 0.625. The summed E-state index contributed by atoms with van der Waals surface area (Å²) < 4.78 is 5.25. The zero-order valence-corrected chi connectivity index (χ0v) is 14.5. The predicted molar refractivity (Wildman–Crippen MR) is 92.0 cm³/mol. The largest absolute Gasteiger partial charge is 0.481 e. The molecule has 0 aromatic heterocycles. The molecule has 1 aromatic rings. The minimum absolute atomic E-state index is 0.00420. The molecule has 136 valence electrons. The van der Waals surface area contributed by atoms with Gasteiger partial charge in [0.25, 0.3) is 0 Å². The summed E-state index contributed by atoms with van der Waals surface area (Å²) in [7, 11) is 0. The number of hydrazine groups is 1. The van der Waals surface area contributed by atoms with E-state index in [4.69, 9.17) is 16.3 Å². The van der Waals surface area contributed by atoms with Crippen LogP contribution in [-0.4, -0.2) is 42.8 Å². The van der Waals surface area contributed by atoms with E-state index >= 15 is 0 Å². The fourth-order valence-electron chi connectivity index (χ4n) is 3.25. The highest BCUT2D eigenvalue weighted by atomic mass is 35.5. The van der Waals surface area contributed by atoms with Gasteiger partial charge in [0.2, 0.25) is 5.91 Å². The van der Waals surface area contributed by atoms with Crippen LogP contribution in [0.25, 0.3) is 0 Å². The number of carbonyl (C=O) groups excluding carboxylic acids is 1. The summed E-state index contributed by atoms with van der Waals surface area (Å²) >= 11 is 5.89. The van der Waals surface area contributed by atoms with Crippen molar-refractivity contribution in [3.63, 3.8) is 0 Å². The van der Waals surface area contributed by atoms with Crippen molar-refractivity contribution in [1.82, 2.24) is 16.2 Å². The Hall–Kier alpha value is -1.67. The van der Waals surface area contributed by atoms with Crippen LogP contribution in [0.3, 0.4) is 0 Å². The van der Waals surface area contributed by atoms with Crippen molar-refractivity contribution >= 4 is 23.5 Å². The molecule has 2 aliphatic rings. The lowest BCUT2D eigenvalue weighted by atomic mass is 9.80. The van der Waals surface area contributed by atoms with Gasteiger partial charge in [0, 0.05) is 30.8 Å². The first kappa shape index (κ1) is 18.1. The number of rotatable bonds is 5. The molecular weight excluding hydrogens is 346 g/mol. The van der Waals surface area contributed by atoms with E-state index in [1.807, 2.05) is 24.3 Å². The molecule has 3 rings (SSSR count). The van der Waals surface area contributed by atoms with Gasteiger partial charge in [0.15, 0.2) is 0 Å². The summed E-state index contributed by atoms with van der Waals surface area (Å²) in [6.07, 6.45) is 1.40. The Labute approximate surface area is 151 Å². The molecule has 0 saturated carbocycles. The van der Waals surface area contributed by atoms with Crippen molar-refractivity contribution in [1.29, 1.82) is 0 Å². The Balaban J connectivity index is 1.55. The number of halogens is 1. The lowest BCUT2D eigenvalue weighted by molar-refractivity contribution is -0.154. The maximum absolute atomic E-state index is 12.4. The average molecular weight is 368 g/mol. The van der Waals surface area contributed by atoms with Gasteiger partial charge in [-0.1, -0.05) is 23.7 Å². The third-order valence-electron chi connectivity index (χ3n) is 5.00. The molecule has 0 spiro atoms. The highest BCUT2D eigenvalue weighted by Crippen LogP contribution is 2.30. The molecule has 2 aliphatic heterocycles. The number of carboxylic acids is 1. The standard InChI is InChI=1S/C17H22ClN3O4/c18-12-3-1-11(2-4-12)13-9-14(21-20-13)15(22)19-10-17(16(23)24)5-7-25-8-6-17/h1-4,13-14,20-21H,5-10H2,(H,19,22)(H,23,24). The molecule has 0 aliphatic carbocycles. The van der Waals surface area contributed by atoms with Gasteiger partial charge in [0.1, 0.15) is 6.04 Å². The van der Waals surface area contributed by atoms with E-state index in [9.17, 15) is 14.7 Å². The molecule has 4 N–H and O–H groups in total. The van der Waals surface area contributed by atoms with Crippen LogP contribution in [0.4, 0.5) is 0 Å². The van der Waals surface area contributed by atoms with Crippen molar-refractivity contribution in [3.05, 3.63) is 34.9 Å². The smallest absolute Gasteiger partial charge is 0.311 e. The van der Waals surface area contributed by atoms with Gasteiger partial charge in [-0.25, -0.2) is 10.9 Å². The summed E-state index contributed by atoms with van der Waals surface area (Å²) in [4.78, 5) is 24.1. The van der Waals surface area contributed by atoms with Gasteiger partial charge in [-0.2, -0.15) is 0 Å². The van der Waals surface area contributed by atoms with Crippen LogP contribution < -0.4 is 16.2 Å². The number of benzene rings is 1. The summed E-state index contributed by atoms with van der Waals surface area (Å²) in [5.74, 6) is -1.08. The van der Waals surface area contributed by atoms with E-state index in [2.05, 4.69) is 16.2 Å². The van der Waals surface area contributed by atoms with E-state index in [0.717, 1.165) is 5.56 Å². The normalized spacial score (nSPS) is 25.5. The highest BCUT2D eigenvalue weighted by molar-refractivity contribution is 6.30. The first-order valence-electron chi connectivity index (χ1n) is 8.35. The van der Waals surface area contributed by atoms with Gasteiger partial charge in [0.05, 0.1) is 5.41 Å². The van der Waals surface area contributed by atoms with Gasteiger partial charge < -0.3 is 15.2 Å². The molecule has 1 amide bonds. The molecule has 2 unspecified atom stereocenters. The second-order valence-electron chi connectivity index (χ2n) is 6.60. The van der Waals surface area contributed by atoms with E-state index in [-0.39, 0.29) is 18.5 Å². The lowest BCUT2D eigenvalue weighted by Gasteiger charge is -2.33. The molecule has 8 heteroatoms. The number of carboxylic acid groups (broad SMARTS) is 1. The lowest BCUT2D eigenvalue weighted by Crippen LogP contribution is -2.50. The molecule has 2 fully saturated rings. The van der Waals surface area contributed by atoms with Crippen molar-refractivity contribution in [2.75, 3.05) is 19.8 Å². The highest BCUT2D eigenvalue weighted by Gasteiger charge is 2.41. The number of amides is 1. The maximum Gasteiger partial charge on any atom is 0.311 e. The maximum atomic E-state index is 12.4. The fraction of sp³-hybridized carbons (Fsp3) is 0.529. The Morgan fingerprint density at radius 2 is 1.92 bits per heavy atom. The van der Waals surface area contributed by atoms with E-state index in [1.165, 1.54) is 0 Å². The number of ether oxygens (including phenoxy) is 1. The predicted octanol–water partition coefficient (Wildman–Crippen LogP) is 1.25. The third kappa shape index (κ3) is 4.12. The second-order valence-corrected chi connectivity index (χ2v) is 7.03. The minimum atomic E-state index is -0.935. The monoisotopic (exact) mass is 367 g/mol. The molecule has 25 heavy (non-hydrogen) atoms. The molecule has 2 saturated heterocycles. The van der Waals surface area contributed by atoms with Gasteiger partial charge in [-0.3, -0.25) is 9.59 Å². The number of hydrogen-bond acceptors (Lipinski definition) is 5. The molecule has 7 nitrogen and oxygen atoms in total. The first-order chi connectivity index (χ1) is 12.0. The minimum Gasteiger partial charge on any atom is -0.481 e. The van der Waals surface area contributed by atoms with Crippen molar-refractivity contribution in [3.8, 4) is 0 Å². The van der Waals surface area contributed by atoms with Crippen molar-refractivity contribution < 1.29 is 19.4 Å². The van der Waals surface area contributed by atoms with Crippen LogP contribution in [0.1, 0.15) is 30.9 Å². The van der Waals surface area contributed by atoms with Crippen LogP contribution in [0.15, 0.2) is 24.3 Å². The number of nitrogens with one attached hydrogen (secondary N) is 3. The third-order valence-corrected chi connectivity index (χ3v) is 5.25. The van der Waals surface area contributed by atoms with E-state index < -0.39 is 17.4 Å². The number of aliphatic carboxylic acids is 1. The van der Waals surface area contributed by atoms with Crippen LogP contribution in [-0.2, 0) is 14.3 Å². The Kier molecular flexibility index (Phi) is 5.58. The van der Waals surface area contributed by atoms with Gasteiger partial charge in [-0.15, -0.1) is 0 Å². The van der Waals surface area contributed by atoms with Gasteiger partial charge >= 0.3 is 5.97 Å². The molecule has 2 atom stereocenters. The first-order valence-corrected chi connectivity index (χ1v) is 8.73. The summed E-state index contributed by atoms with van der Waals surface area (Å²) in [5.41, 5.74) is 6.19. The van der Waals surface area contributed by atoms with Crippen LogP contribution in [0, 0.1) is 5.41 Å². The van der Waals surface area contributed by atoms with Crippen LogP contribution >= 0.6 is 11.6 Å². The van der Waals surface area contributed by atoms with Crippen molar-refractivity contribution in [2.45, 2.75) is 31.3 Å². The van der Waals surface area contributed by atoms with Crippen LogP contribution in [0.5, 0.6) is 0 Å². The number of hydrogen-bond donors (Lipinski definition) is 4. The summed E-state index contributed by atoms with van der Waals surface area (Å²) in [6.45, 7) is 0.933. The molecular formula is C17H22ClN3O4. The Bertz CT molecular complexity index is 631. The second kappa shape index (κ2) is 7.70. The van der Waals surface area contributed by atoms with Crippen LogP contribution in [0.2, 0.25) is 5.02 Å². The Morgan fingerprint density at radius 3 is 2.56 bits per heavy atom. The van der Waals surface area contributed by atoms with E-state index in [0.29, 0.717) is 37.5 Å². The molecule has 0 bridgehead atoms. The molecule has 1 aromatic carbocycles. The molecule has 0 radical (unpaired) electrons. The SMILES string of the molecule is O=C(NCC1(C(=O)O)CCOCC1)C1CC(c2ccc(Cl)cc2)NN1. The summed E-state index contributed by atoms with van der Waals surface area (Å²) in [5, 5.41) is 13.0. The van der Waals surface area contributed by atoms with E-state index in [1.54, 1.807) is 0 Å². The molecule has 2 heterocycles. The average Bonchev–Trinajstić information content (AvgIpc) is 3.11. The summed E-state index contributed by atoms with van der Waals surface area (Å²) in [6, 6.07) is 7.06. The fourth-order valence-corrected chi connectivity index (χ4v) is 3.38. The van der Waals surface area contributed by atoms with Crippen molar-refractivity contribution in [2.24, 2.45) is 5.41 Å². The number of carbonyl (C=O) groups is 2. The zero-order valence-electron chi connectivity index (χ0n) is 13.8. The van der Waals surface area contributed by atoms with Gasteiger partial charge in [-0.05, 0) is 37.0 Å². The zero-order chi connectivity index (χ0) is 17.9. The Morgan fingerprint density at radius 1 is 1.24 bits per heavy atom. The topological polar surface area (TPSA) is 99.7 Å².